The lowest BCUT2D eigenvalue weighted by molar-refractivity contribution is 0.368. The van der Waals surface area contributed by atoms with Crippen LogP contribution < -0.4 is 24.8 Å². The standard InChI is InChI=1S/C23H30N4O3/c1-24-23(25-11-7-12-27-13-10-17-8-5-6-9-20(17)27)26-16-19-21(29-3)14-18(28-2)15-22(19)30-4/h5-6,8-10,13-15H,7,11-12,16H2,1-4H3,(H2,24,25,26). The van der Waals surface area contributed by atoms with Crippen molar-refractivity contribution < 1.29 is 14.2 Å². The number of hydrogen-bond acceptors (Lipinski definition) is 4. The molecule has 30 heavy (non-hydrogen) atoms. The first kappa shape index (κ1) is 21.4. The van der Waals surface area contributed by atoms with Crippen LogP contribution in [0.4, 0.5) is 0 Å². The lowest BCUT2D eigenvalue weighted by Gasteiger charge is -2.17. The zero-order valence-electron chi connectivity index (χ0n) is 18.1. The van der Waals surface area contributed by atoms with Crippen molar-refractivity contribution >= 4 is 16.9 Å². The molecule has 0 bridgehead atoms. The molecule has 0 saturated heterocycles. The van der Waals surface area contributed by atoms with Gasteiger partial charge >= 0.3 is 0 Å². The van der Waals surface area contributed by atoms with E-state index in [1.165, 1.54) is 10.9 Å². The zero-order chi connectivity index (χ0) is 21.3. The first-order valence-electron chi connectivity index (χ1n) is 9.97. The van der Waals surface area contributed by atoms with Crippen LogP contribution >= 0.6 is 0 Å². The summed E-state index contributed by atoms with van der Waals surface area (Å²) in [6.45, 7) is 2.26. The van der Waals surface area contributed by atoms with E-state index >= 15 is 0 Å². The molecule has 0 fully saturated rings. The number of hydrogen-bond donors (Lipinski definition) is 2. The van der Waals surface area contributed by atoms with Crippen LogP contribution in [0.3, 0.4) is 0 Å². The van der Waals surface area contributed by atoms with Crippen LogP contribution in [0.1, 0.15) is 12.0 Å². The molecule has 0 radical (unpaired) electrons. The first-order valence-corrected chi connectivity index (χ1v) is 9.97. The van der Waals surface area contributed by atoms with Gasteiger partial charge in [0.05, 0.1) is 33.4 Å². The molecule has 0 aliphatic rings. The van der Waals surface area contributed by atoms with Crippen LogP contribution in [0.2, 0.25) is 0 Å². The number of guanidine groups is 1. The molecule has 160 valence electrons. The lowest BCUT2D eigenvalue weighted by atomic mass is 10.1. The topological polar surface area (TPSA) is 69.0 Å². The van der Waals surface area contributed by atoms with Gasteiger partial charge in [-0.15, -0.1) is 0 Å². The largest absolute Gasteiger partial charge is 0.496 e. The highest BCUT2D eigenvalue weighted by Crippen LogP contribution is 2.33. The Morgan fingerprint density at radius 3 is 2.37 bits per heavy atom. The Labute approximate surface area is 177 Å². The van der Waals surface area contributed by atoms with Crippen LogP contribution in [0.25, 0.3) is 10.9 Å². The van der Waals surface area contributed by atoms with Crippen molar-refractivity contribution in [1.29, 1.82) is 0 Å². The molecule has 0 saturated carbocycles. The van der Waals surface area contributed by atoms with Crippen molar-refractivity contribution in [2.75, 3.05) is 34.9 Å². The average Bonchev–Trinajstić information content (AvgIpc) is 3.21. The highest BCUT2D eigenvalue weighted by Gasteiger charge is 2.13. The third-order valence-corrected chi connectivity index (χ3v) is 5.02. The fraction of sp³-hybridized carbons (Fsp3) is 0.348. The molecular formula is C23H30N4O3. The molecule has 0 atom stereocenters. The van der Waals surface area contributed by atoms with E-state index in [0.717, 1.165) is 31.0 Å². The quantitative estimate of drug-likeness (QED) is 0.321. The van der Waals surface area contributed by atoms with Gasteiger partial charge in [-0.3, -0.25) is 4.99 Å². The summed E-state index contributed by atoms with van der Waals surface area (Å²) in [6.07, 6.45) is 3.12. The van der Waals surface area contributed by atoms with Gasteiger partial charge in [0.2, 0.25) is 0 Å². The van der Waals surface area contributed by atoms with E-state index < -0.39 is 0 Å². The van der Waals surface area contributed by atoms with Gasteiger partial charge in [0.25, 0.3) is 0 Å². The van der Waals surface area contributed by atoms with Crippen LogP contribution in [-0.4, -0.2) is 45.4 Å². The van der Waals surface area contributed by atoms with Gasteiger partial charge in [-0.05, 0) is 23.9 Å². The predicted molar refractivity (Wildman–Crippen MR) is 121 cm³/mol. The number of ether oxygens (including phenoxy) is 3. The molecule has 7 heteroatoms. The molecule has 3 aromatic rings. The van der Waals surface area contributed by atoms with E-state index in [4.69, 9.17) is 14.2 Å². The van der Waals surface area contributed by atoms with Crippen LogP contribution in [0.15, 0.2) is 53.7 Å². The van der Waals surface area contributed by atoms with E-state index in [9.17, 15) is 0 Å². The summed E-state index contributed by atoms with van der Waals surface area (Å²) in [4.78, 5) is 4.31. The Kier molecular flexibility index (Phi) is 7.43. The maximum absolute atomic E-state index is 5.51. The number of fused-ring (bicyclic) bond motifs is 1. The SMILES string of the molecule is CN=C(NCCCn1ccc2ccccc21)NCc1c(OC)cc(OC)cc1OC. The Morgan fingerprint density at radius 1 is 0.967 bits per heavy atom. The summed E-state index contributed by atoms with van der Waals surface area (Å²) in [5.74, 6) is 2.82. The van der Waals surface area contributed by atoms with E-state index in [1.54, 1.807) is 28.4 Å². The van der Waals surface area contributed by atoms with Crippen molar-refractivity contribution in [2.24, 2.45) is 4.99 Å². The second-order valence-corrected chi connectivity index (χ2v) is 6.78. The minimum absolute atomic E-state index is 0.512. The molecule has 2 aromatic carbocycles. The monoisotopic (exact) mass is 410 g/mol. The Morgan fingerprint density at radius 2 is 1.70 bits per heavy atom. The number of aromatic nitrogens is 1. The summed E-state index contributed by atoms with van der Waals surface area (Å²) < 4.78 is 18.6. The predicted octanol–water partition coefficient (Wildman–Crippen LogP) is 3.42. The number of nitrogens with zero attached hydrogens (tertiary/aromatic N) is 2. The van der Waals surface area contributed by atoms with Gasteiger partial charge in [-0.1, -0.05) is 18.2 Å². The molecule has 0 amide bonds. The van der Waals surface area contributed by atoms with Crippen LogP contribution in [-0.2, 0) is 13.1 Å². The number of para-hydroxylation sites is 1. The third-order valence-electron chi connectivity index (χ3n) is 5.02. The fourth-order valence-corrected chi connectivity index (χ4v) is 3.44. The lowest BCUT2D eigenvalue weighted by Crippen LogP contribution is -2.37. The third kappa shape index (κ3) is 4.97. The van der Waals surface area contributed by atoms with Crippen LogP contribution in [0.5, 0.6) is 17.2 Å². The van der Waals surface area contributed by atoms with E-state index in [-0.39, 0.29) is 0 Å². The molecular weight excluding hydrogens is 380 g/mol. The zero-order valence-corrected chi connectivity index (χ0v) is 18.1. The summed E-state index contributed by atoms with van der Waals surface area (Å²) in [5.41, 5.74) is 2.17. The molecule has 7 nitrogen and oxygen atoms in total. The van der Waals surface area contributed by atoms with Gasteiger partial charge < -0.3 is 29.4 Å². The number of benzene rings is 2. The number of nitrogens with one attached hydrogen (secondary N) is 2. The van der Waals surface area contributed by atoms with Gasteiger partial charge in [0.1, 0.15) is 17.2 Å². The summed E-state index contributed by atoms with van der Waals surface area (Å²) >= 11 is 0. The van der Waals surface area contributed by atoms with Gasteiger partial charge in [-0.2, -0.15) is 0 Å². The average molecular weight is 411 g/mol. The Bertz CT molecular complexity index is 972. The smallest absolute Gasteiger partial charge is 0.191 e. The number of aliphatic imine (C=N–C) groups is 1. The second kappa shape index (κ2) is 10.4. The highest BCUT2D eigenvalue weighted by atomic mass is 16.5. The number of methoxy groups -OCH3 is 3. The molecule has 0 unspecified atom stereocenters. The van der Waals surface area contributed by atoms with Gasteiger partial charge in [0.15, 0.2) is 5.96 Å². The Hall–Kier alpha value is -3.35. The molecule has 2 N–H and O–H groups in total. The molecule has 1 aromatic heterocycles. The minimum atomic E-state index is 0.512. The van der Waals surface area contributed by atoms with E-state index in [1.807, 2.05) is 12.1 Å². The molecule has 0 aliphatic carbocycles. The maximum atomic E-state index is 5.51. The van der Waals surface area contributed by atoms with Crippen molar-refractivity contribution in [2.45, 2.75) is 19.5 Å². The molecule has 1 heterocycles. The second-order valence-electron chi connectivity index (χ2n) is 6.78. The summed E-state index contributed by atoms with van der Waals surface area (Å²) in [7, 11) is 6.65. The van der Waals surface area contributed by atoms with E-state index in [2.05, 4.69) is 56.7 Å². The molecule has 0 aliphatic heterocycles. The van der Waals surface area contributed by atoms with Crippen LogP contribution in [0, 0.1) is 0 Å². The number of rotatable bonds is 9. The summed E-state index contributed by atoms with van der Waals surface area (Å²) in [6, 6.07) is 14.3. The van der Waals surface area contributed by atoms with Crippen molar-refractivity contribution in [3.8, 4) is 17.2 Å². The normalized spacial score (nSPS) is 11.4. The Balaban J connectivity index is 1.54. The summed E-state index contributed by atoms with van der Waals surface area (Å²) in [5, 5.41) is 7.96. The van der Waals surface area contributed by atoms with Crippen molar-refractivity contribution in [3.05, 3.63) is 54.2 Å². The molecule has 3 rings (SSSR count). The number of aryl methyl sites for hydroxylation is 1. The fourth-order valence-electron chi connectivity index (χ4n) is 3.44. The first-order chi connectivity index (χ1) is 14.7. The van der Waals surface area contributed by atoms with Gasteiger partial charge in [-0.25, -0.2) is 0 Å². The molecule has 0 spiro atoms. The van der Waals surface area contributed by atoms with Crippen molar-refractivity contribution in [3.63, 3.8) is 0 Å². The minimum Gasteiger partial charge on any atom is -0.496 e. The van der Waals surface area contributed by atoms with E-state index in [0.29, 0.717) is 23.8 Å². The van der Waals surface area contributed by atoms with Gasteiger partial charge in [0, 0.05) is 44.0 Å². The highest BCUT2D eigenvalue weighted by molar-refractivity contribution is 5.80. The maximum Gasteiger partial charge on any atom is 0.191 e. The van der Waals surface area contributed by atoms with Crippen molar-refractivity contribution in [1.82, 2.24) is 15.2 Å².